The molecular formula is C27H32N8O3. The van der Waals surface area contributed by atoms with Gasteiger partial charge in [0.2, 0.25) is 0 Å². The number of rotatable bonds is 5. The fourth-order valence-corrected chi connectivity index (χ4v) is 5.06. The molecule has 0 bridgehead atoms. The summed E-state index contributed by atoms with van der Waals surface area (Å²) in [6, 6.07) is 12.2. The van der Waals surface area contributed by atoms with Gasteiger partial charge in [-0.15, -0.1) is 5.10 Å². The van der Waals surface area contributed by atoms with Crippen LogP contribution in [0.5, 0.6) is 0 Å². The zero-order chi connectivity index (χ0) is 27.2. The molecule has 0 aliphatic carbocycles. The van der Waals surface area contributed by atoms with E-state index in [4.69, 9.17) is 0 Å². The van der Waals surface area contributed by atoms with E-state index in [9.17, 15) is 14.9 Å². The van der Waals surface area contributed by atoms with Gasteiger partial charge in [0.1, 0.15) is 6.04 Å². The summed E-state index contributed by atoms with van der Waals surface area (Å²) in [5, 5.41) is 24.7. The van der Waals surface area contributed by atoms with Gasteiger partial charge >= 0.3 is 0 Å². The summed E-state index contributed by atoms with van der Waals surface area (Å²) >= 11 is 0. The average molecular weight is 517 g/mol. The first-order valence-electron chi connectivity index (χ1n) is 12.7. The van der Waals surface area contributed by atoms with Crippen molar-refractivity contribution in [3.8, 4) is 0 Å². The average Bonchev–Trinajstić information content (AvgIpc) is 3.37. The van der Waals surface area contributed by atoms with Gasteiger partial charge in [0.05, 0.1) is 10.5 Å². The number of aromatic amines is 1. The quantitative estimate of drug-likeness (QED) is 0.314. The molecule has 2 aromatic heterocycles. The van der Waals surface area contributed by atoms with Gasteiger partial charge in [0.25, 0.3) is 11.2 Å². The second-order valence-corrected chi connectivity index (χ2v) is 10.9. The maximum absolute atomic E-state index is 13.5. The molecule has 5 rings (SSSR count). The number of nitro groups is 1. The summed E-state index contributed by atoms with van der Waals surface area (Å²) in [6.45, 7) is 12.9. The fraction of sp³-hybridized carbons (Fsp3) is 0.407. The number of nitrogens with one attached hydrogen (secondary N) is 1. The van der Waals surface area contributed by atoms with Crippen LogP contribution >= 0.6 is 0 Å². The molecule has 1 aliphatic heterocycles. The Kier molecular flexibility index (Phi) is 6.47. The molecule has 38 heavy (non-hydrogen) atoms. The van der Waals surface area contributed by atoms with Gasteiger partial charge in [0.15, 0.2) is 5.82 Å². The Morgan fingerprint density at radius 3 is 2.29 bits per heavy atom. The second-order valence-electron chi connectivity index (χ2n) is 10.9. The SMILES string of the molecule is Cc1cc2cc(C(c3nnnn3C(C)(C)C)N3CCN(c4ccc([N+](=O)[O-])cc4)CC3)c(=O)[nH]c2cc1C. The highest BCUT2D eigenvalue weighted by atomic mass is 16.6. The van der Waals surface area contributed by atoms with Crippen molar-refractivity contribution in [2.75, 3.05) is 31.1 Å². The van der Waals surface area contributed by atoms with Crippen LogP contribution in [0.3, 0.4) is 0 Å². The molecule has 0 radical (unpaired) electrons. The maximum atomic E-state index is 13.5. The standard InChI is InChI=1S/C27H32N8O3/c1-17-14-19-16-22(26(36)28-23(19)15-18(17)2)24(25-29-30-31-34(25)27(3,4)5)33-12-10-32(11-13-33)20-6-8-21(9-7-20)35(37)38/h6-9,14-16,24H,10-13H2,1-5H3,(H,28,36). The number of hydrogen-bond acceptors (Lipinski definition) is 8. The number of nitro benzene ring substituents is 1. The molecule has 198 valence electrons. The van der Waals surface area contributed by atoms with Crippen molar-refractivity contribution >= 4 is 22.3 Å². The molecule has 1 fully saturated rings. The monoisotopic (exact) mass is 516 g/mol. The number of nitrogens with zero attached hydrogens (tertiary/aromatic N) is 7. The summed E-state index contributed by atoms with van der Waals surface area (Å²) in [4.78, 5) is 31.7. The van der Waals surface area contributed by atoms with Crippen molar-refractivity contribution in [2.45, 2.75) is 46.2 Å². The van der Waals surface area contributed by atoms with Crippen LogP contribution in [-0.4, -0.2) is 61.2 Å². The summed E-state index contributed by atoms with van der Waals surface area (Å²) in [5.41, 5.74) is 4.15. The molecule has 4 aromatic rings. The van der Waals surface area contributed by atoms with Crippen molar-refractivity contribution in [3.63, 3.8) is 0 Å². The van der Waals surface area contributed by atoms with Crippen molar-refractivity contribution in [2.24, 2.45) is 0 Å². The smallest absolute Gasteiger partial charge is 0.269 e. The largest absolute Gasteiger partial charge is 0.369 e. The topological polar surface area (TPSA) is 126 Å². The first-order chi connectivity index (χ1) is 18.0. The lowest BCUT2D eigenvalue weighted by Gasteiger charge is -2.40. The molecular weight excluding hydrogens is 484 g/mol. The Bertz CT molecular complexity index is 1540. The number of piperazine rings is 1. The number of pyridine rings is 1. The van der Waals surface area contributed by atoms with E-state index in [1.807, 2.05) is 39.8 Å². The third-order valence-corrected chi connectivity index (χ3v) is 7.26. The lowest BCUT2D eigenvalue weighted by molar-refractivity contribution is -0.384. The number of fused-ring (bicyclic) bond motifs is 1. The molecule has 0 spiro atoms. The van der Waals surface area contributed by atoms with Gasteiger partial charge in [-0.1, -0.05) is 0 Å². The highest BCUT2D eigenvalue weighted by molar-refractivity contribution is 5.81. The summed E-state index contributed by atoms with van der Waals surface area (Å²) in [7, 11) is 0. The molecule has 11 nitrogen and oxygen atoms in total. The lowest BCUT2D eigenvalue weighted by Crippen LogP contribution is -2.49. The second kappa shape index (κ2) is 9.64. The van der Waals surface area contributed by atoms with E-state index in [0.717, 1.165) is 27.7 Å². The number of hydrogen-bond donors (Lipinski definition) is 1. The Morgan fingerprint density at radius 2 is 1.66 bits per heavy atom. The van der Waals surface area contributed by atoms with Crippen LogP contribution < -0.4 is 10.5 Å². The third-order valence-electron chi connectivity index (χ3n) is 7.26. The summed E-state index contributed by atoms with van der Waals surface area (Å²) in [6.07, 6.45) is 0. The minimum Gasteiger partial charge on any atom is -0.369 e. The number of anilines is 1. The van der Waals surface area contributed by atoms with Gasteiger partial charge in [-0.3, -0.25) is 19.8 Å². The van der Waals surface area contributed by atoms with Crippen LogP contribution in [0.25, 0.3) is 10.9 Å². The van der Waals surface area contributed by atoms with Crippen LogP contribution in [0.4, 0.5) is 11.4 Å². The molecule has 1 unspecified atom stereocenters. The highest BCUT2D eigenvalue weighted by Gasteiger charge is 2.35. The minimum atomic E-state index is -0.446. The molecule has 1 saturated heterocycles. The zero-order valence-electron chi connectivity index (χ0n) is 22.3. The molecule has 2 aromatic carbocycles. The van der Waals surface area contributed by atoms with E-state index in [-0.39, 0.29) is 16.8 Å². The number of non-ortho nitro benzene ring substituents is 1. The lowest BCUT2D eigenvalue weighted by atomic mass is 9.99. The molecule has 1 aliphatic rings. The molecule has 1 N–H and O–H groups in total. The number of tetrazole rings is 1. The van der Waals surface area contributed by atoms with Gasteiger partial charge in [0, 0.05) is 55.1 Å². The first-order valence-corrected chi connectivity index (χ1v) is 12.7. The summed E-state index contributed by atoms with van der Waals surface area (Å²) in [5.74, 6) is 0.620. The predicted octanol–water partition coefficient (Wildman–Crippen LogP) is 3.71. The third kappa shape index (κ3) is 4.76. The molecule has 0 amide bonds. The molecule has 3 heterocycles. The van der Waals surface area contributed by atoms with E-state index in [1.165, 1.54) is 12.1 Å². The van der Waals surface area contributed by atoms with Crippen LogP contribution in [0, 0.1) is 24.0 Å². The van der Waals surface area contributed by atoms with Crippen LogP contribution in [0.1, 0.15) is 49.3 Å². The zero-order valence-corrected chi connectivity index (χ0v) is 22.3. The van der Waals surface area contributed by atoms with Crippen molar-refractivity contribution < 1.29 is 4.92 Å². The Labute approximate surface area is 220 Å². The number of benzene rings is 2. The van der Waals surface area contributed by atoms with Gasteiger partial charge in [-0.25, -0.2) is 4.68 Å². The van der Waals surface area contributed by atoms with E-state index in [0.29, 0.717) is 37.6 Å². The van der Waals surface area contributed by atoms with Gasteiger partial charge < -0.3 is 9.88 Å². The molecule has 11 heteroatoms. The van der Waals surface area contributed by atoms with E-state index < -0.39 is 11.0 Å². The van der Waals surface area contributed by atoms with E-state index >= 15 is 0 Å². The van der Waals surface area contributed by atoms with Crippen molar-refractivity contribution in [1.82, 2.24) is 30.1 Å². The fourth-order valence-electron chi connectivity index (χ4n) is 5.06. The van der Waals surface area contributed by atoms with Crippen LogP contribution in [0.2, 0.25) is 0 Å². The number of aromatic nitrogens is 5. The minimum absolute atomic E-state index is 0.0717. The van der Waals surface area contributed by atoms with Gasteiger partial charge in [-0.2, -0.15) is 0 Å². The van der Waals surface area contributed by atoms with Crippen LogP contribution in [0.15, 0.2) is 47.3 Å². The number of H-pyrrole nitrogens is 1. The first kappa shape index (κ1) is 25.5. The molecule has 0 saturated carbocycles. The van der Waals surface area contributed by atoms with E-state index in [1.54, 1.807) is 16.8 Å². The summed E-state index contributed by atoms with van der Waals surface area (Å²) < 4.78 is 1.80. The maximum Gasteiger partial charge on any atom is 0.269 e. The Balaban J connectivity index is 1.53. The number of aryl methyl sites for hydroxylation is 2. The Hall–Kier alpha value is -4.12. The predicted molar refractivity (Wildman–Crippen MR) is 146 cm³/mol. The van der Waals surface area contributed by atoms with Crippen molar-refractivity contribution in [3.05, 3.63) is 85.4 Å². The highest BCUT2D eigenvalue weighted by Crippen LogP contribution is 2.31. The normalized spacial score (nSPS) is 15.7. The van der Waals surface area contributed by atoms with E-state index in [2.05, 4.69) is 43.3 Å². The molecule has 1 atom stereocenters. The van der Waals surface area contributed by atoms with Crippen LogP contribution in [-0.2, 0) is 5.54 Å². The van der Waals surface area contributed by atoms with Gasteiger partial charge in [-0.05, 0) is 91.9 Å². The van der Waals surface area contributed by atoms with Crippen molar-refractivity contribution in [1.29, 1.82) is 0 Å². The Morgan fingerprint density at radius 1 is 1.00 bits per heavy atom.